The Hall–Kier alpha value is -1.55. The van der Waals surface area contributed by atoms with Gasteiger partial charge in [-0.25, -0.2) is 4.21 Å². The quantitative estimate of drug-likeness (QED) is 0.618. The first-order valence-corrected chi connectivity index (χ1v) is 10.8. The van der Waals surface area contributed by atoms with E-state index in [1.54, 1.807) is 5.57 Å². The lowest BCUT2D eigenvalue weighted by molar-refractivity contribution is -0.0980. The van der Waals surface area contributed by atoms with Crippen molar-refractivity contribution in [3.05, 3.63) is 27.8 Å². The van der Waals surface area contributed by atoms with Gasteiger partial charge in [0.05, 0.1) is 0 Å². The number of nitrogens with one attached hydrogen (secondary N) is 2. The Morgan fingerprint density at radius 1 is 1.24 bits per heavy atom. The summed E-state index contributed by atoms with van der Waals surface area (Å²) in [5, 5.41) is 6.87. The predicted octanol–water partition coefficient (Wildman–Crippen LogP) is 4.51. The fourth-order valence-corrected chi connectivity index (χ4v) is 3.41. The molecule has 168 valence electrons. The van der Waals surface area contributed by atoms with E-state index in [9.17, 15) is 17.4 Å². The lowest BCUT2D eigenvalue weighted by Gasteiger charge is -2.18. The molecule has 3 rings (SSSR count). The first kappa shape index (κ1) is 27.5. The number of nitrogens with zero attached hydrogens (tertiary/aromatic N) is 1. The zero-order chi connectivity index (χ0) is 22.3. The van der Waals surface area contributed by atoms with Crippen molar-refractivity contribution in [2.75, 3.05) is 19.6 Å². The molecule has 1 atom stereocenters. The van der Waals surface area contributed by atoms with E-state index in [1.807, 2.05) is 6.79 Å². The number of carbonyl (C=O) groups is 1. The molecule has 2 aliphatic carbocycles. The molecule has 1 unspecified atom stereocenters. The lowest BCUT2D eigenvalue weighted by atomic mass is 9.96. The first-order valence-electron chi connectivity index (χ1n) is 9.74. The van der Waals surface area contributed by atoms with Gasteiger partial charge in [0, 0.05) is 29.9 Å². The van der Waals surface area contributed by atoms with Crippen LogP contribution in [0.25, 0.3) is 0 Å². The molecule has 1 saturated carbocycles. The summed E-state index contributed by atoms with van der Waals surface area (Å²) < 4.78 is 43.2. The summed E-state index contributed by atoms with van der Waals surface area (Å²) in [5.74, 6) is 1.10. The van der Waals surface area contributed by atoms with Crippen molar-refractivity contribution in [3.63, 3.8) is 0 Å². The molecule has 2 N–H and O–H groups in total. The minimum absolute atomic E-state index is 1.05. The number of allylic oxidation sites excluding steroid dienone is 2. The van der Waals surface area contributed by atoms with E-state index in [0.29, 0.717) is 0 Å². The number of carbonyl (C=O) groups excluding carboxylic acids is 1. The summed E-state index contributed by atoms with van der Waals surface area (Å²) in [7, 11) is -3.57. The predicted molar refractivity (Wildman–Crippen MR) is 110 cm³/mol. The van der Waals surface area contributed by atoms with Gasteiger partial charge < -0.3 is 15.4 Å². The highest BCUT2D eigenvalue weighted by atomic mass is 32.2. The SMILES string of the molecule is C=O.CC1=C2CNCCNC2=CCC1.CCC1CCCC1.O=NS(=O)C(F)(F)F. The van der Waals surface area contributed by atoms with Crippen LogP contribution in [0.4, 0.5) is 13.2 Å². The Balaban J connectivity index is 0.000000407. The molecule has 1 aliphatic heterocycles. The number of alkyl halides is 3. The van der Waals surface area contributed by atoms with Crippen LogP contribution in [-0.2, 0) is 15.8 Å². The number of fused-ring (bicyclic) bond motifs is 1. The molecule has 1 heterocycles. The molecule has 0 bridgehead atoms. The largest absolute Gasteiger partial charge is 0.495 e. The van der Waals surface area contributed by atoms with Gasteiger partial charge in [-0.15, -0.1) is 4.91 Å². The molecule has 10 heteroatoms. The van der Waals surface area contributed by atoms with Gasteiger partial charge in [-0.3, -0.25) is 0 Å². The van der Waals surface area contributed by atoms with Gasteiger partial charge in [0.1, 0.15) is 6.79 Å². The summed E-state index contributed by atoms with van der Waals surface area (Å²) in [6.07, 6.45) is 12.2. The van der Waals surface area contributed by atoms with E-state index >= 15 is 0 Å². The Morgan fingerprint density at radius 3 is 2.31 bits per heavy atom. The van der Waals surface area contributed by atoms with Gasteiger partial charge in [0.15, 0.2) is 0 Å². The number of rotatable bonds is 2. The van der Waals surface area contributed by atoms with Gasteiger partial charge in [-0.1, -0.05) is 50.7 Å². The molecule has 3 aliphatic rings. The number of hydrogen-bond donors (Lipinski definition) is 2. The third kappa shape index (κ3) is 11.3. The lowest BCUT2D eigenvalue weighted by Crippen LogP contribution is -2.20. The smallest absolute Gasteiger partial charge is 0.384 e. The summed E-state index contributed by atoms with van der Waals surface area (Å²) in [6, 6.07) is 0. The average molecular weight is 440 g/mol. The van der Waals surface area contributed by atoms with E-state index in [-0.39, 0.29) is 0 Å². The van der Waals surface area contributed by atoms with Crippen molar-refractivity contribution in [1.29, 1.82) is 0 Å². The number of hydrogen-bond acceptors (Lipinski definition) is 5. The second kappa shape index (κ2) is 15.3. The molecule has 29 heavy (non-hydrogen) atoms. The minimum atomic E-state index is -5.00. The highest BCUT2D eigenvalue weighted by Gasteiger charge is 2.38. The monoisotopic (exact) mass is 439 g/mol. The topological polar surface area (TPSA) is 87.6 Å². The third-order valence-corrected chi connectivity index (χ3v) is 5.48. The molecular weight excluding hydrogens is 407 g/mol. The Kier molecular flexibility index (Phi) is 14.5. The fraction of sp³-hybridized carbons (Fsp3) is 0.737. The Labute approximate surface area is 173 Å². The van der Waals surface area contributed by atoms with Crippen molar-refractivity contribution >= 4 is 17.8 Å². The zero-order valence-corrected chi connectivity index (χ0v) is 18.0. The zero-order valence-electron chi connectivity index (χ0n) is 17.1. The molecule has 1 saturated heterocycles. The van der Waals surface area contributed by atoms with Crippen LogP contribution >= 0.6 is 0 Å². The van der Waals surface area contributed by atoms with Crippen LogP contribution in [0.2, 0.25) is 0 Å². The molecule has 6 nitrogen and oxygen atoms in total. The van der Waals surface area contributed by atoms with E-state index in [2.05, 4.69) is 30.6 Å². The summed E-state index contributed by atoms with van der Waals surface area (Å²) in [6.45, 7) is 9.73. The molecule has 0 aromatic heterocycles. The normalized spacial score (nSPS) is 20.0. The van der Waals surface area contributed by atoms with Crippen LogP contribution in [0.5, 0.6) is 0 Å². The van der Waals surface area contributed by atoms with Crippen molar-refractivity contribution < 1.29 is 22.2 Å². The van der Waals surface area contributed by atoms with E-state index in [1.165, 1.54) is 60.8 Å². The second-order valence-electron chi connectivity index (χ2n) is 6.85. The molecule has 0 spiro atoms. The molecule has 0 aromatic rings. The molecule has 0 radical (unpaired) electrons. The highest BCUT2D eigenvalue weighted by molar-refractivity contribution is 7.84. The standard InChI is InChI=1S/C10H16N2.C7H14.CF3NO2S.CH2O/c1-8-3-2-4-10-9(8)7-11-5-6-12-10;1-2-7-5-3-4-6-7;2-1(3,4)8(7)5-6;1-2/h4,11-12H,2-3,5-7H2,1H3;7H,2-6H2,1H3;;1H2. The van der Waals surface area contributed by atoms with Crippen LogP contribution in [0, 0.1) is 10.8 Å². The summed E-state index contributed by atoms with van der Waals surface area (Å²) in [5.41, 5.74) is -0.571. The van der Waals surface area contributed by atoms with Crippen LogP contribution in [-0.4, -0.2) is 36.1 Å². The number of halogens is 3. The maximum absolute atomic E-state index is 10.9. The molecular formula is C19H32F3N3O3S. The average Bonchev–Trinajstić information content (AvgIpc) is 3.13. The molecule has 0 amide bonds. The Bertz CT molecular complexity index is 575. The molecule has 0 aromatic carbocycles. The van der Waals surface area contributed by atoms with Crippen molar-refractivity contribution in [2.45, 2.75) is 64.3 Å². The van der Waals surface area contributed by atoms with Crippen LogP contribution in [0.3, 0.4) is 0 Å². The Morgan fingerprint density at radius 2 is 1.86 bits per heavy atom. The maximum atomic E-state index is 10.9. The van der Waals surface area contributed by atoms with E-state index in [0.717, 1.165) is 25.6 Å². The van der Waals surface area contributed by atoms with Gasteiger partial charge >= 0.3 is 5.51 Å². The van der Waals surface area contributed by atoms with Gasteiger partial charge in [0.25, 0.3) is 11.0 Å². The summed E-state index contributed by atoms with van der Waals surface area (Å²) in [4.78, 5) is 16.9. The highest BCUT2D eigenvalue weighted by Crippen LogP contribution is 2.26. The maximum Gasteiger partial charge on any atom is 0.495 e. The van der Waals surface area contributed by atoms with E-state index in [4.69, 9.17) is 9.70 Å². The van der Waals surface area contributed by atoms with Crippen molar-refractivity contribution in [2.24, 2.45) is 10.5 Å². The summed E-state index contributed by atoms with van der Waals surface area (Å²) >= 11 is 0. The second-order valence-corrected chi connectivity index (χ2v) is 7.96. The minimum Gasteiger partial charge on any atom is -0.384 e. The van der Waals surface area contributed by atoms with Gasteiger partial charge in [-0.05, 0) is 31.3 Å². The van der Waals surface area contributed by atoms with Crippen molar-refractivity contribution in [1.82, 2.24) is 10.6 Å². The third-order valence-electron chi connectivity index (χ3n) is 4.94. The molecule has 2 fully saturated rings. The first-order chi connectivity index (χ1) is 13.8. The van der Waals surface area contributed by atoms with Crippen LogP contribution in [0.1, 0.15) is 58.8 Å². The van der Waals surface area contributed by atoms with Gasteiger partial charge in [-0.2, -0.15) is 13.2 Å². The van der Waals surface area contributed by atoms with Crippen LogP contribution in [0.15, 0.2) is 27.5 Å². The van der Waals surface area contributed by atoms with Crippen molar-refractivity contribution in [3.8, 4) is 0 Å². The van der Waals surface area contributed by atoms with Crippen LogP contribution < -0.4 is 10.6 Å². The van der Waals surface area contributed by atoms with E-state index < -0.39 is 16.5 Å². The fourth-order valence-electron chi connectivity index (χ4n) is 3.32. The number of nitroso groups, excluding NO2 is 1. The van der Waals surface area contributed by atoms with Gasteiger partial charge in [0.2, 0.25) is 0 Å².